The van der Waals surface area contributed by atoms with Crippen molar-refractivity contribution in [3.63, 3.8) is 0 Å². The van der Waals surface area contributed by atoms with Crippen LogP contribution in [0.5, 0.6) is 0 Å². The van der Waals surface area contributed by atoms with Crippen LogP contribution in [0.15, 0.2) is 42.5 Å². The number of halogens is 2. The summed E-state index contributed by atoms with van der Waals surface area (Å²) in [7, 11) is 0. The van der Waals surface area contributed by atoms with Crippen LogP contribution in [0.1, 0.15) is 29.7 Å². The standard InChI is InChI=1S/C17H15ClFNO/c18-13-9-15-12(8-14(13)19)17-11(6-7-21-17)16(20-15)10-4-2-1-3-5-10/h1-5,8-9,11,16-17,20H,6-7H2/t11-,16+,17-/m1/s1. The minimum atomic E-state index is -0.385. The summed E-state index contributed by atoms with van der Waals surface area (Å²) in [6.07, 6.45) is 0.916. The summed E-state index contributed by atoms with van der Waals surface area (Å²) in [5, 5.41) is 3.66. The lowest BCUT2D eigenvalue weighted by Crippen LogP contribution is -2.29. The van der Waals surface area contributed by atoms with E-state index in [1.54, 1.807) is 6.07 Å². The highest BCUT2D eigenvalue weighted by molar-refractivity contribution is 6.31. The Morgan fingerprint density at radius 3 is 2.81 bits per heavy atom. The maximum absolute atomic E-state index is 13.8. The SMILES string of the molecule is Fc1cc2c(cc1Cl)N[C@@H](c1ccccc1)[C@H]1CCO[C@@H]21. The van der Waals surface area contributed by atoms with E-state index in [2.05, 4.69) is 17.4 Å². The van der Waals surface area contributed by atoms with Crippen molar-refractivity contribution in [3.05, 3.63) is 64.4 Å². The molecule has 1 saturated heterocycles. The highest BCUT2D eigenvalue weighted by Gasteiger charge is 2.41. The third-order valence-electron chi connectivity index (χ3n) is 4.43. The molecule has 2 aliphatic heterocycles. The molecule has 2 nitrogen and oxygen atoms in total. The number of nitrogens with one attached hydrogen (secondary N) is 1. The average Bonchev–Trinajstić information content (AvgIpc) is 2.99. The first-order valence-electron chi connectivity index (χ1n) is 7.16. The van der Waals surface area contributed by atoms with Crippen LogP contribution < -0.4 is 5.32 Å². The van der Waals surface area contributed by atoms with Crippen LogP contribution in [0.25, 0.3) is 0 Å². The van der Waals surface area contributed by atoms with Gasteiger partial charge in [0.2, 0.25) is 0 Å². The van der Waals surface area contributed by atoms with Gasteiger partial charge >= 0.3 is 0 Å². The number of anilines is 1. The van der Waals surface area contributed by atoms with E-state index < -0.39 is 0 Å². The van der Waals surface area contributed by atoms with Crippen LogP contribution in [0.4, 0.5) is 10.1 Å². The summed E-state index contributed by atoms with van der Waals surface area (Å²) in [4.78, 5) is 0. The van der Waals surface area contributed by atoms with Gasteiger partial charge in [-0.1, -0.05) is 41.9 Å². The lowest BCUT2D eigenvalue weighted by atomic mass is 9.81. The lowest BCUT2D eigenvalue weighted by molar-refractivity contribution is 0.0826. The van der Waals surface area contributed by atoms with Crippen molar-refractivity contribution in [1.29, 1.82) is 0 Å². The van der Waals surface area contributed by atoms with E-state index >= 15 is 0 Å². The molecule has 4 rings (SSSR count). The third kappa shape index (κ3) is 2.12. The maximum Gasteiger partial charge on any atom is 0.142 e. The van der Waals surface area contributed by atoms with Gasteiger partial charge in [-0.3, -0.25) is 0 Å². The fourth-order valence-electron chi connectivity index (χ4n) is 3.46. The zero-order valence-electron chi connectivity index (χ0n) is 11.4. The van der Waals surface area contributed by atoms with Gasteiger partial charge in [-0.05, 0) is 24.1 Å². The summed E-state index contributed by atoms with van der Waals surface area (Å²) in [5.41, 5.74) is 2.98. The Morgan fingerprint density at radius 2 is 2.00 bits per heavy atom. The van der Waals surface area contributed by atoms with Gasteiger partial charge in [0, 0.05) is 23.8 Å². The maximum atomic E-state index is 13.8. The van der Waals surface area contributed by atoms with Gasteiger partial charge in [0.05, 0.1) is 17.2 Å². The van der Waals surface area contributed by atoms with Crippen LogP contribution in [-0.4, -0.2) is 6.61 Å². The van der Waals surface area contributed by atoms with Gasteiger partial charge in [0.1, 0.15) is 5.82 Å². The highest BCUT2D eigenvalue weighted by atomic mass is 35.5. The van der Waals surface area contributed by atoms with Crippen molar-refractivity contribution >= 4 is 17.3 Å². The summed E-state index contributed by atoms with van der Waals surface area (Å²) in [6.45, 7) is 0.712. The van der Waals surface area contributed by atoms with Gasteiger partial charge < -0.3 is 10.1 Å². The van der Waals surface area contributed by atoms with Crippen LogP contribution in [-0.2, 0) is 4.74 Å². The molecule has 2 aliphatic rings. The number of hydrogen-bond acceptors (Lipinski definition) is 2. The van der Waals surface area contributed by atoms with Crippen LogP contribution in [0, 0.1) is 11.7 Å². The fourth-order valence-corrected chi connectivity index (χ4v) is 3.62. The van der Waals surface area contributed by atoms with Crippen LogP contribution in [0.3, 0.4) is 0 Å². The quantitative estimate of drug-likeness (QED) is 0.823. The third-order valence-corrected chi connectivity index (χ3v) is 4.72. The molecule has 0 radical (unpaired) electrons. The number of benzene rings is 2. The first-order valence-corrected chi connectivity index (χ1v) is 7.54. The summed E-state index contributed by atoms with van der Waals surface area (Å²) in [5.74, 6) is -0.0647. The minimum Gasteiger partial charge on any atom is -0.377 e. The van der Waals surface area contributed by atoms with Crippen molar-refractivity contribution in [1.82, 2.24) is 0 Å². The van der Waals surface area contributed by atoms with E-state index in [-0.39, 0.29) is 23.0 Å². The number of rotatable bonds is 1. The van der Waals surface area contributed by atoms with Gasteiger partial charge in [0.15, 0.2) is 0 Å². The molecule has 21 heavy (non-hydrogen) atoms. The molecule has 0 amide bonds. The average molecular weight is 304 g/mol. The Bertz CT molecular complexity index is 676. The molecule has 0 aliphatic carbocycles. The second-order valence-electron chi connectivity index (χ2n) is 5.63. The predicted octanol–water partition coefficient (Wildman–Crippen LogP) is 4.72. The molecule has 3 atom stereocenters. The van der Waals surface area contributed by atoms with E-state index in [1.165, 1.54) is 11.6 Å². The minimum absolute atomic E-state index is 0.0572. The lowest BCUT2D eigenvalue weighted by Gasteiger charge is -2.36. The molecule has 2 aromatic carbocycles. The van der Waals surface area contributed by atoms with E-state index in [0.717, 1.165) is 17.7 Å². The zero-order chi connectivity index (χ0) is 14.4. The van der Waals surface area contributed by atoms with Gasteiger partial charge in [-0.2, -0.15) is 0 Å². The number of hydrogen-bond donors (Lipinski definition) is 1. The van der Waals surface area contributed by atoms with Crippen molar-refractivity contribution in [2.24, 2.45) is 5.92 Å². The Hall–Kier alpha value is -1.58. The Labute approximate surface area is 127 Å². The molecule has 0 bridgehead atoms. The molecule has 1 fully saturated rings. The Balaban J connectivity index is 1.81. The monoisotopic (exact) mass is 303 g/mol. The fraction of sp³-hybridized carbons (Fsp3) is 0.294. The number of fused-ring (bicyclic) bond motifs is 3. The van der Waals surface area contributed by atoms with Crippen LogP contribution in [0.2, 0.25) is 5.02 Å². The van der Waals surface area contributed by atoms with Gasteiger partial charge in [0.25, 0.3) is 0 Å². The molecule has 0 spiro atoms. The number of ether oxygens (including phenoxy) is 1. The van der Waals surface area contributed by atoms with Gasteiger partial charge in [-0.15, -0.1) is 0 Å². The van der Waals surface area contributed by atoms with Crippen molar-refractivity contribution in [2.45, 2.75) is 18.6 Å². The van der Waals surface area contributed by atoms with E-state index in [9.17, 15) is 4.39 Å². The zero-order valence-corrected chi connectivity index (χ0v) is 12.1. The summed E-state index contributed by atoms with van der Waals surface area (Å²) >= 11 is 5.93. The molecule has 4 heteroatoms. The molecule has 2 heterocycles. The molecule has 0 unspecified atom stereocenters. The molecule has 0 saturated carbocycles. The van der Waals surface area contributed by atoms with E-state index in [4.69, 9.17) is 16.3 Å². The topological polar surface area (TPSA) is 21.3 Å². The largest absolute Gasteiger partial charge is 0.377 e. The second kappa shape index (κ2) is 5.00. The second-order valence-corrected chi connectivity index (χ2v) is 6.04. The normalized spacial score (nSPS) is 26.9. The molecule has 108 valence electrons. The molecule has 1 N–H and O–H groups in total. The van der Waals surface area contributed by atoms with Crippen molar-refractivity contribution in [2.75, 3.05) is 11.9 Å². The smallest absolute Gasteiger partial charge is 0.142 e. The van der Waals surface area contributed by atoms with Gasteiger partial charge in [-0.25, -0.2) is 4.39 Å². The molecular formula is C17H15ClFNO. The first kappa shape index (κ1) is 13.1. The van der Waals surface area contributed by atoms with Crippen molar-refractivity contribution < 1.29 is 9.13 Å². The first-order chi connectivity index (χ1) is 10.2. The van der Waals surface area contributed by atoms with E-state index in [0.29, 0.717) is 12.5 Å². The molecular weight excluding hydrogens is 289 g/mol. The highest BCUT2D eigenvalue weighted by Crippen LogP contribution is 2.50. The van der Waals surface area contributed by atoms with Crippen molar-refractivity contribution in [3.8, 4) is 0 Å². The van der Waals surface area contributed by atoms with E-state index in [1.807, 2.05) is 18.2 Å². The molecule has 0 aromatic heterocycles. The Kier molecular flexibility index (Phi) is 3.12. The molecule has 2 aromatic rings. The Morgan fingerprint density at radius 1 is 1.19 bits per heavy atom. The van der Waals surface area contributed by atoms with Crippen LogP contribution >= 0.6 is 11.6 Å². The summed E-state index contributed by atoms with van der Waals surface area (Å²) in [6, 6.07) is 13.7. The summed E-state index contributed by atoms with van der Waals surface area (Å²) < 4.78 is 19.6. The predicted molar refractivity (Wildman–Crippen MR) is 81.0 cm³/mol.